The number of piperazine rings is 1. The van der Waals surface area contributed by atoms with Gasteiger partial charge in [-0.2, -0.15) is 0 Å². The van der Waals surface area contributed by atoms with Crippen molar-refractivity contribution in [2.45, 2.75) is 26.7 Å². The van der Waals surface area contributed by atoms with Crippen molar-refractivity contribution in [3.8, 4) is 0 Å². The molecular weight excluding hydrogens is 310 g/mol. The number of ether oxygens (including phenoxy) is 2. The number of rotatable bonds is 12. The molecule has 1 N–H and O–H groups in total. The first-order chi connectivity index (χ1) is 11.4. The van der Waals surface area contributed by atoms with Gasteiger partial charge in [0.05, 0.1) is 19.6 Å². The summed E-state index contributed by atoms with van der Waals surface area (Å²) >= 11 is 0. The van der Waals surface area contributed by atoms with Gasteiger partial charge in [0.1, 0.15) is 0 Å². The zero-order valence-corrected chi connectivity index (χ0v) is 15.4. The molecule has 0 amide bonds. The van der Waals surface area contributed by atoms with Crippen LogP contribution in [0.25, 0.3) is 0 Å². The molecule has 1 fully saturated rings. The second-order valence-corrected chi connectivity index (χ2v) is 7.23. The first-order valence-corrected chi connectivity index (χ1v) is 8.75. The molecule has 1 heterocycles. The van der Waals surface area contributed by atoms with E-state index >= 15 is 0 Å². The Hall–Kier alpha value is -1.18. The van der Waals surface area contributed by atoms with Crippen molar-refractivity contribution in [1.82, 2.24) is 15.1 Å². The number of carbonyl (C=O) groups excluding carboxylic acids is 2. The second kappa shape index (κ2) is 11.4. The zero-order valence-electron chi connectivity index (χ0n) is 15.4. The van der Waals surface area contributed by atoms with Gasteiger partial charge in [-0.15, -0.1) is 0 Å². The summed E-state index contributed by atoms with van der Waals surface area (Å²) in [7, 11) is 2.16. The van der Waals surface area contributed by atoms with E-state index in [-0.39, 0.29) is 24.6 Å². The number of carbonyl (C=O) groups is 2. The third-order valence-corrected chi connectivity index (χ3v) is 4.10. The van der Waals surface area contributed by atoms with Crippen molar-refractivity contribution in [2.75, 3.05) is 66.1 Å². The van der Waals surface area contributed by atoms with Crippen molar-refractivity contribution in [1.29, 1.82) is 0 Å². The van der Waals surface area contributed by atoms with Crippen LogP contribution in [0.5, 0.6) is 0 Å². The monoisotopic (exact) mass is 343 g/mol. The van der Waals surface area contributed by atoms with Gasteiger partial charge in [-0.25, -0.2) is 0 Å². The Morgan fingerprint density at radius 2 is 1.88 bits per heavy atom. The van der Waals surface area contributed by atoms with Crippen molar-refractivity contribution >= 4 is 12.4 Å². The molecule has 7 nitrogen and oxygen atoms in total. The third kappa shape index (κ3) is 9.85. The average molecular weight is 343 g/mol. The summed E-state index contributed by atoms with van der Waals surface area (Å²) in [5.41, 5.74) is -0.355. The van der Waals surface area contributed by atoms with Crippen molar-refractivity contribution < 1.29 is 19.1 Å². The van der Waals surface area contributed by atoms with Crippen LogP contribution in [0, 0.1) is 5.41 Å². The highest BCUT2D eigenvalue weighted by Gasteiger charge is 2.21. The first kappa shape index (κ1) is 20.9. The van der Waals surface area contributed by atoms with Gasteiger partial charge in [0.2, 0.25) is 0 Å². The molecule has 0 spiro atoms. The lowest BCUT2D eigenvalue weighted by Gasteiger charge is -2.32. The van der Waals surface area contributed by atoms with Crippen LogP contribution in [-0.4, -0.2) is 88.3 Å². The van der Waals surface area contributed by atoms with Gasteiger partial charge in [-0.1, -0.05) is 13.8 Å². The Morgan fingerprint density at radius 1 is 1.17 bits per heavy atom. The Morgan fingerprint density at radius 3 is 2.54 bits per heavy atom. The highest BCUT2D eigenvalue weighted by molar-refractivity contribution is 5.69. The highest BCUT2D eigenvalue weighted by atomic mass is 16.5. The standard InChI is InChI=1S/C17H33N3O4/c1-17(2,13-23-15-21)14-24-16(22)5-7-18-6-4-8-20-11-9-19(3)10-12-20/h15,18H,4-14H2,1-3H3. The lowest BCUT2D eigenvalue weighted by molar-refractivity contribution is -0.148. The molecule has 1 aliphatic heterocycles. The minimum absolute atomic E-state index is 0.222. The lowest BCUT2D eigenvalue weighted by atomic mass is 9.96. The predicted octanol–water partition coefficient (Wildman–Crippen LogP) is 0.346. The van der Waals surface area contributed by atoms with E-state index < -0.39 is 0 Å². The van der Waals surface area contributed by atoms with Gasteiger partial charge in [-0.05, 0) is 26.6 Å². The number of hydrogen-bond donors (Lipinski definition) is 1. The maximum absolute atomic E-state index is 11.7. The third-order valence-electron chi connectivity index (χ3n) is 4.10. The lowest BCUT2D eigenvalue weighted by Crippen LogP contribution is -2.45. The van der Waals surface area contributed by atoms with E-state index in [1.165, 1.54) is 0 Å². The van der Waals surface area contributed by atoms with Crippen molar-refractivity contribution in [3.05, 3.63) is 0 Å². The van der Waals surface area contributed by atoms with Gasteiger partial charge in [-0.3, -0.25) is 9.59 Å². The maximum Gasteiger partial charge on any atom is 0.307 e. The minimum atomic E-state index is -0.355. The number of nitrogens with one attached hydrogen (secondary N) is 1. The molecule has 140 valence electrons. The number of hydrogen-bond acceptors (Lipinski definition) is 7. The molecule has 0 aromatic rings. The molecule has 0 aliphatic carbocycles. The van der Waals surface area contributed by atoms with Crippen LogP contribution < -0.4 is 5.32 Å². The summed E-state index contributed by atoms with van der Waals surface area (Å²) in [5, 5.41) is 3.29. The van der Waals surface area contributed by atoms with Crippen LogP contribution in [0.4, 0.5) is 0 Å². The summed E-state index contributed by atoms with van der Waals surface area (Å²) < 4.78 is 9.95. The van der Waals surface area contributed by atoms with E-state index in [1.807, 2.05) is 13.8 Å². The van der Waals surface area contributed by atoms with Crippen LogP contribution in [0.1, 0.15) is 26.7 Å². The van der Waals surface area contributed by atoms with Crippen molar-refractivity contribution in [2.24, 2.45) is 5.41 Å². The molecule has 0 bridgehead atoms. The molecule has 0 atom stereocenters. The maximum atomic E-state index is 11.7. The van der Waals surface area contributed by atoms with E-state index in [0.717, 1.165) is 45.7 Å². The van der Waals surface area contributed by atoms with E-state index in [0.29, 0.717) is 19.4 Å². The van der Waals surface area contributed by atoms with Gasteiger partial charge in [0.15, 0.2) is 0 Å². The summed E-state index contributed by atoms with van der Waals surface area (Å²) in [6, 6.07) is 0. The van der Waals surface area contributed by atoms with Crippen LogP contribution in [0.15, 0.2) is 0 Å². The molecule has 1 saturated heterocycles. The molecular formula is C17H33N3O4. The topological polar surface area (TPSA) is 71.1 Å². The van der Waals surface area contributed by atoms with Crippen molar-refractivity contribution in [3.63, 3.8) is 0 Å². The van der Waals surface area contributed by atoms with Crippen LogP contribution in [0.3, 0.4) is 0 Å². The number of esters is 1. The molecule has 0 saturated carbocycles. The summed E-state index contributed by atoms with van der Waals surface area (Å²) in [4.78, 5) is 26.7. The molecule has 7 heteroatoms. The van der Waals surface area contributed by atoms with Crippen LogP contribution >= 0.6 is 0 Å². The quantitative estimate of drug-likeness (QED) is 0.311. The molecule has 1 rings (SSSR count). The number of likely N-dealkylation sites (N-methyl/N-ethyl adjacent to an activating group) is 1. The molecule has 0 aromatic carbocycles. The van der Waals surface area contributed by atoms with E-state index in [9.17, 15) is 9.59 Å². The number of nitrogens with zero attached hydrogens (tertiary/aromatic N) is 2. The van der Waals surface area contributed by atoms with Gasteiger partial charge in [0.25, 0.3) is 6.47 Å². The summed E-state index contributed by atoms with van der Waals surface area (Å²) in [5.74, 6) is -0.222. The van der Waals surface area contributed by atoms with Gasteiger partial charge >= 0.3 is 5.97 Å². The molecule has 0 unspecified atom stereocenters. The normalized spacial score (nSPS) is 16.8. The Balaban J connectivity index is 1.96. The smallest absolute Gasteiger partial charge is 0.307 e. The van der Waals surface area contributed by atoms with E-state index in [2.05, 4.69) is 22.2 Å². The van der Waals surface area contributed by atoms with E-state index in [4.69, 9.17) is 9.47 Å². The summed E-state index contributed by atoms with van der Waals surface area (Å²) in [6.07, 6.45) is 1.45. The van der Waals surface area contributed by atoms with Crippen LogP contribution in [0.2, 0.25) is 0 Å². The minimum Gasteiger partial charge on any atom is -0.467 e. The average Bonchev–Trinajstić information content (AvgIpc) is 2.56. The predicted molar refractivity (Wildman–Crippen MR) is 92.8 cm³/mol. The molecule has 0 aromatic heterocycles. The zero-order chi connectivity index (χ0) is 17.8. The fourth-order valence-electron chi connectivity index (χ4n) is 2.46. The highest BCUT2D eigenvalue weighted by Crippen LogP contribution is 2.15. The Kier molecular flexibility index (Phi) is 9.90. The van der Waals surface area contributed by atoms with Gasteiger partial charge in [0, 0.05) is 38.1 Å². The van der Waals surface area contributed by atoms with Gasteiger partial charge < -0.3 is 24.6 Å². The SMILES string of the molecule is CN1CCN(CCCNCCC(=O)OCC(C)(C)COC=O)CC1. The Bertz CT molecular complexity index is 369. The largest absolute Gasteiger partial charge is 0.467 e. The fourth-order valence-corrected chi connectivity index (χ4v) is 2.46. The summed E-state index contributed by atoms with van der Waals surface area (Å²) in [6.45, 7) is 11.9. The van der Waals surface area contributed by atoms with Crippen LogP contribution in [-0.2, 0) is 19.1 Å². The fraction of sp³-hybridized carbons (Fsp3) is 0.882. The molecule has 24 heavy (non-hydrogen) atoms. The second-order valence-electron chi connectivity index (χ2n) is 7.23. The molecule has 1 aliphatic rings. The first-order valence-electron chi connectivity index (χ1n) is 8.75. The Labute approximate surface area is 145 Å². The van der Waals surface area contributed by atoms with E-state index in [1.54, 1.807) is 0 Å². The molecule has 0 radical (unpaired) electrons.